The minimum absolute atomic E-state index is 0.195. The molecular weight excluding hydrogens is 248 g/mol. The second-order valence-electron chi connectivity index (χ2n) is 3.95. The first-order valence-electron chi connectivity index (χ1n) is 5.48. The van der Waals surface area contributed by atoms with Crippen LogP contribution in [0.1, 0.15) is 21.5 Å². The fourth-order valence-electron chi connectivity index (χ4n) is 1.83. The van der Waals surface area contributed by atoms with E-state index in [-0.39, 0.29) is 5.91 Å². The molecule has 1 amide bonds. The molecule has 1 aromatic heterocycles. The Kier molecular flexibility index (Phi) is 3.62. The molecule has 1 N–H and O–H groups in total. The maximum Gasteiger partial charge on any atom is 0.261 e. The van der Waals surface area contributed by atoms with Gasteiger partial charge >= 0.3 is 0 Å². The second kappa shape index (κ2) is 5.18. The fraction of sp³-hybridized carbons (Fsp3) is 0.231. The molecule has 2 aromatic rings. The number of hydrogen-bond donors (Lipinski definition) is 1. The third-order valence-corrected chi connectivity index (χ3v) is 3.23. The molecule has 0 aliphatic heterocycles. The second-order valence-corrected chi connectivity index (χ2v) is 4.85. The van der Waals surface area contributed by atoms with Gasteiger partial charge in [-0.2, -0.15) is 0 Å². The molecule has 2 rings (SSSR count). The van der Waals surface area contributed by atoms with Crippen molar-refractivity contribution in [2.24, 2.45) is 0 Å². The van der Waals surface area contributed by atoms with Crippen LogP contribution in [0.2, 0.25) is 0 Å². The summed E-state index contributed by atoms with van der Waals surface area (Å²) >= 11 is 1.38. The standard InChI is InChI=1S/C13H14N2O2S/c1-8-6-9(2)11(10(7-8)17-3)12(16)15-13-14-4-5-18-13/h4-7H,1-3H3,(H,14,15,16). The van der Waals surface area contributed by atoms with Crippen molar-refractivity contribution < 1.29 is 9.53 Å². The van der Waals surface area contributed by atoms with Crippen molar-refractivity contribution in [2.45, 2.75) is 13.8 Å². The van der Waals surface area contributed by atoms with Crippen LogP contribution in [0, 0.1) is 13.8 Å². The van der Waals surface area contributed by atoms with Gasteiger partial charge in [-0.15, -0.1) is 11.3 Å². The third kappa shape index (κ3) is 2.51. The van der Waals surface area contributed by atoms with E-state index in [4.69, 9.17) is 4.74 Å². The number of ether oxygens (including phenoxy) is 1. The average Bonchev–Trinajstić information content (AvgIpc) is 2.80. The highest BCUT2D eigenvalue weighted by Gasteiger charge is 2.16. The molecule has 0 spiro atoms. The quantitative estimate of drug-likeness (QED) is 0.925. The minimum atomic E-state index is -0.195. The number of benzene rings is 1. The number of anilines is 1. The van der Waals surface area contributed by atoms with Gasteiger partial charge in [0.1, 0.15) is 5.75 Å². The van der Waals surface area contributed by atoms with Crippen molar-refractivity contribution in [1.29, 1.82) is 0 Å². The number of rotatable bonds is 3. The minimum Gasteiger partial charge on any atom is -0.496 e. The summed E-state index contributed by atoms with van der Waals surface area (Å²) in [5.41, 5.74) is 2.51. The highest BCUT2D eigenvalue weighted by atomic mass is 32.1. The van der Waals surface area contributed by atoms with Gasteiger partial charge in [0.15, 0.2) is 5.13 Å². The Hall–Kier alpha value is -1.88. The van der Waals surface area contributed by atoms with Crippen LogP contribution >= 0.6 is 11.3 Å². The van der Waals surface area contributed by atoms with Crippen molar-refractivity contribution in [3.05, 3.63) is 40.4 Å². The van der Waals surface area contributed by atoms with E-state index in [9.17, 15) is 4.79 Å². The largest absolute Gasteiger partial charge is 0.496 e. The maximum atomic E-state index is 12.2. The summed E-state index contributed by atoms with van der Waals surface area (Å²) < 4.78 is 5.27. The average molecular weight is 262 g/mol. The van der Waals surface area contributed by atoms with Gasteiger partial charge in [0, 0.05) is 11.6 Å². The molecule has 4 nitrogen and oxygen atoms in total. The Balaban J connectivity index is 2.35. The number of amides is 1. The molecule has 1 aromatic carbocycles. The Labute approximate surface area is 110 Å². The molecule has 0 unspecified atom stereocenters. The monoisotopic (exact) mass is 262 g/mol. The summed E-state index contributed by atoms with van der Waals surface area (Å²) in [4.78, 5) is 16.2. The van der Waals surface area contributed by atoms with E-state index in [0.29, 0.717) is 16.4 Å². The molecule has 0 radical (unpaired) electrons. The Morgan fingerprint density at radius 1 is 1.39 bits per heavy atom. The van der Waals surface area contributed by atoms with Crippen molar-refractivity contribution in [3.63, 3.8) is 0 Å². The third-order valence-electron chi connectivity index (χ3n) is 2.54. The van der Waals surface area contributed by atoms with Crippen LogP contribution in [0.15, 0.2) is 23.7 Å². The maximum absolute atomic E-state index is 12.2. The van der Waals surface area contributed by atoms with Gasteiger partial charge in [-0.1, -0.05) is 6.07 Å². The Bertz CT molecular complexity index is 565. The summed E-state index contributed by atoms with van der Waals surface area (Å²) in [6.45, 7) is 3.87. The molecule has 0 saturated heterocycles. The molecule has 0 aliphatic rings. The lowest BCUT2D eigenvalue weighted by atomic mass is 10.0. The van der Waals surface area contributed by atoms with Crippen LogP contribution in [0.25, 0.3) is 0 Å². The molecule has 5 heteroatoms. The summed E-state index contributed by atoms with van der Waals surface area (Å²) in [5.74, 6) is 0.390. The first kappa shape index (κ1) is 12.6. The molecule has 18 heavy (non-hydrogen) atoms. The first-order chi connectivity index (χ1) is 8.61. The van der Waals surface area contributed by atoms with Gasteiger partial charge in [0.05, 0.1) is 12.7 Å². The van der Waals surface area contributed by atoms with Crippen LogP contribution in [0.5, 0.6) is 5.75 Å². The zero-order valence-corrected chi connectivity index (χ0v) is 11.3. The number of nitrogens with zero attached hydrogens (tertiary/aromatic N) is 1. The lowest BCUT2D eigenvalue weighted by molar-refractivity contribution is 0.102. The van der Waals surface area contributed by atoms with Gasteiger partial charge in [0.25, 0.3) is 5.91 Å². The zero-order valence-electron chi connectivity index (χ0n) is 10.5. The van der Waals surface area contributed by atoms with Crippen LogP contribution in [-0.2, 0) is 0 Å². The number of hydrogen-bond acceptors (Lipinski definition) is 4. The highest BCUT2D eigenvalue weighted by molar-refractivity contribution is 7.13. The lowest BCUT2D eigenvalue weighted by Gasteiger charge is -2.12. The zero-order chi connectivity index (χ0) is 13.1. The molecular formula is C13H14N2O2S. The Morgan fingerprint density at radius 3 is 2.78 bits per heavy atom. The van der Waals surface area contributed by atoms with E-state index < -0.39 is 0 Å². The van der Waals surface area contributed by atoms with Crippen LogP contribution < -0.4 is 10.1 Å². The van der Waals surface area contributed by atoms with E-state index in [2.05, 4.69) is 10.3 Å². The highest BCUT2D eigenvalue weighted by Crippen LogP contribution is 2.25. The molecule has 1 heterocycles. The molecule has 0 bridgehead atoms. The van der Waals surface area contributed by atoms with E-state index in [1.54, 1.807) is 13.3 Å². The predicted molar refractivity (Wildman–Crippen MR) is 72.5 cm³/mol. The van der Waals surface area contributed by atoms with Gasteiger partial charge in [-0.05, 0) is 31.0 Å². The number of aromatic nitrogens is 1. The van der Waals surface area contributed by atoms with Crippen LogP contribution in [-0.4, -0.2) is 18.0 Å². The smallest absolute Gasteiger partial charge is 0.261 e. The Morgan fingerprint density at radius 2 is 2.17 bits per heavy atom. The van der Waals surface area contributed by atoms with Gasteiger partial charge < -0.3 is 4.74 Å². The normalized spacial score (nSPS) is 10.2. The number of methoxy groups -OCH3 is 1. The molecule has 0 atom stereocenters. The van der Waals surface area contributed by atoms with Crippen LogP contribution in [0.3, 0.4) is 0 Å². The number of nitrogens with one attached hydrogen (secondary N) is 1. The summed E-state index contributed by atoms with van der Waals surface area (Å²) in [6, 6.07) is 3.81. The predicted octanol–water partition coefficient (Wildman–Crippen LogP) is 3.02. The molecule has 0 saturated carbocycles. The van der Waals surface area contributed by atoms with Crippen molar-refractivity contribution in [2.75, 3.05) is 12.4 Å². The van der Waals surface area contributed by atoms with Crippen molar-refractivity contribution >= 4 is 22.4 Å². The molecule has 94 valence electrons. The van der Waals surface area contributed by atoms with E-state index >= 15 is 0 Å². The van der Waals surface area contributed by atoms with Gasteiger partial charge in [-0.25, -0.2) is 4.98 Å². The number of carbonyl (C=O) groups excluding carboxylic acids is 1. The molecule has 0 fully saturated rings. The molecule has 0 aliphatic carbocycles. The van der Waals surface area contributed by atoms with Crippen molar-refractivity contribution in [1.82, 2.24) is 4.98 Å². The van der Waals surface area contributed by atoms with E-state index in [0.717, 1.165) is 11.1 Å². The summed E-state index contributed by atoms with van der Waals surface area (Å²) in [7, 11) is 1.56. The van der Waals surface area contributed by atoms with Crippen LogP contribution in [0.4, 0.5) is 5.13 Å². The lowest BCUT2D eigenvalue weighted by Crippen LogP contribution is -2.14. The summed E-state index contributed by atoms with van der Waals surface area (Å²) in [6.07, 6.45) is 1.65. The van der Waals surface area contributed by atoms with E-state index in [1.807, 2.05) is 31.4 Å². The summed E-state index contributed by atoms with van der Waals surface area (Å²) in [5, 5.41) is 5.16. The number of aryl methyl sites for hydroxylation is 2. The SMILES string of the molecule is COc1cc(C)cc(C)c1C(=O)Nc1nccs1. The van der Waals surface area contributed by atoms with Gasteiger partial charge in [0.2, 0.25) is 0 Å². The number of thiazole rings is 1. The van der Waals surface area contributed by atoms with Crippen molar-refractivity contribution in [3.8, 4) is 5.75 Å². The first-order valence-corrected chi connectivity index (χ1v) is 6.36. The fourth-order valence-corrected chi connectivity index (χ4v) is 2.35. The van der Waals surface area contributed by atoms with Gasteiger partial charge in [-0.3, -0.25) is 10.1 Å². The number of carbonyl (C=O) groups is 1. The van der Waals surface area contributed by atoms with E-state index in [1.165, 1.54) is 11.3 Å². The topological polar surface area (TPSA) is 51.2 Å².